The molecule has 0 heterocycles. The van der Waals surface area contributed by atoms with E-state index in [4.69, 9.17) is 16.9 Å². The number of allylic oxidation sites excluding steroid dienone is 1. The quantitative estimate of drug-likeness (QED) is 0.783. The van der Waals surface area contributed by atoms with Crippen LogP contribution in [-0.4, -0.2) is 6.04 Å². The van der Waals surface area contributed by atoms with Crippen molar-refractivity contribution >= 4 is 17.3 Å². The fraction of sp³-hybridized carbons (Fsp3) is 0.308. The van der Waals surface area contributed by atoms with E-state index in [1.807, 2.05) is 18.2 Å². The van der Waals surface area contributed by atoms with Gasteiger partial charge in [-0.1, -0.05) is 17.7 Å². The van der Waals surface area contributed by atoms with Gasteiger partial charge in [-0.25, -0.2) is 0 Å². The third-order valence-corrected chi connectivity index (χ3v) is 2.62. The fourth-order valence-electron chi connectivity index (χ4n) is 1.42. The van der Waals surface area contributed by atoms with Gasteiger partial charge < -0.3 is 5.32 Å². The zero-order valence-corrected chi connectivity index (χ0v) is 10.1. The molecule has 0 bridgehead atoms. The van der Waals surface area contributed by atoms with E-state index in [1.165, 1.54) is 0 Å². The van der Waals surface area contributed by atoms with Crippen LogP contribution in [0.1, 0.15) is 25.3 Å². The zero-order valence-electron chi connectivity index (χ0n) is 9.33. The Balaban J connectivity index is 2.65. The summed E-state index contributed by atoms with van der Waals surface area (Å²) in [5, 5.41) is 12.6. The van der Waals surface area contributed by atoms with Gasteiger partial charge in [0.1, 0.15) is 6.07 Å². The van der Waals surface area contributed by atoms with Gasteiger partial charge in [0.25, 0.3) is 0 Å². The normalized spacial score (nSPS) is 11.6. The van der Waals surface area contributed by atoms with Gasteiger partial charge in [0.2, 0.25) is 0 Å². The molecule has 0 aliphatic rings. The van der Waals surface area contributed by atoms with Crippen LogP contribution in [0.15, 0.2) is 30.9 Å². The first-order valence-corrected chi connectivity index (χ1v) is 5.62. The van der Waals surface area contributed by atoms with Crippen molar-refractivity contribution in [2.24, 2.45) is 0 Å². The Kier molecular flexibility index (Phi) is 4.88. The average molecular weight is 235 g/mol. The minimum atomic E-state index is 0.363. The molecule has 1 N–H and O–H groups in total. The van der Waals surface area contributed by atoms with E-state index in [0.717, 1.165) is 18.5 Å². The first kappa shape index (κ1) is 12.6. The average Bonchev–Trinajstić information content (AvgIpc) is 2.26. The summed E-state index contributed by atoms with van der Waals surface area (Å²) < 4.78 is 0. The molecule has 2 nitrogen and oxygen atoms in total. The number of nitrogens with one attached hydrogen (secondary N) is 1. The number of nitrogens with zero attached hydrogens (tertiary/aromatic N) is 1. The molecule has 3 heteroatoms. The van der Waals surface area contributed by atoms with Crippen LogP contribution in [-0.2, 0) is 0 Å². The molecule has 0 saturated carbocycles. The van der Waals surface area contributed by atoms with Crippen molar-refractivity contribution in [2.45, 2.75) is 25.8 Å². The Labute approximate surface area is 102 Å². The second kappa shape index (κ2) is 6.19. The molecule has 0 spiro atoms. The van der Waals surface area contributed by atoms with Crippen LogP contribution in [0.25, 0.3) is 0 Å². The minimum absolute atomic E-state index is 0.363. The summed E-state index contributed by atoms with van der Waals surface area (Å²) in [6, 6.07) is 7.78. The van der Waals surface area contributed by atoms with Gasteiger partial charge in [-0.3, -0.25) is 0 Å². The van der Waals surface area contributed by atoms with Gasteiger partial charge in [0, 0.05) is 11.7 Å². The Bertz CT molecular complexity index is 407. The predicted octanol–water partition coefficient (Wildman–Crippen LogP) is 3.98. The van der Waals surface area contributed by atoms with Crippen molar-refractivity contribution in [3.8, 4) is 6.07 Å². The summed E-state index contributed by atoms with van der Waals surface area (Å²) in [6.07, 6.45) is 3.92. The first-order valence-electron chi connectivity index (χ1n) is 5.24. The predicted molar refractivity (Wildman–Crippen MR) is 68.7 cm³/mol. The molecule has 0 amide bonds. The highest BCUT2D eigenvalue weighted by atomic mass is 35.5. The van der Waals surface area contributed by atoms with Gasteiger partial charge in [-0.15, -0.1) is 6.58 Å². The van der Waals surface area contributed by atoms with Crippen molar-refractivity contribution in [1.82, 2.24) is 0 Å². The van der Waals surface area contributed by atoms with E-state index < -0.39 is 0 Å². The minimum Gasteiger partial charge on any atom is -0.383 e. The third-order valence-electron chi connectivity index (χ3n) is 2.31. The Morgan fingerprint density at radius 3 is 2.94 bits per heavy atom. The lowest BCUT2D eigenvalue weighted by Crippen LogP contribution is -2.14. The highest BCUT2D eigenvalue weighted by Gasteiger charge is 2.04. The lowest BCUT2D eigenvalue weighted by molar-refractivity contribution is 0.719. The van der Waals surface area contributed by atoms with Crippen molar-refractivity contribution < 1.29 is 0 Å². The lowest BCUT2D eigenvalue weighted by atomic mass is 10.1. The maximum absolute atomic E-state index is 8.74. The second-order valence-electron chi connectivity index (χ2n) is 3.72. The van der Waals surface area contributed by atoms with Gasteiger partial charge >= 0.3 is 0 Å². The van der Waals surface area contributed by atoms with Crippen LogP contribution in [0.4, 0.5) is 5.69 Å². The van der Waals surface area contributed by atoms with Crippen molar-refractivity contribution in [1.29, 1.82) is 5.26 Å². The third kappa shape index (κ3) is 3.60. The summed E-state index contributed by atoms with van der Waals surface area (Å²) in [5.74, 6) is 0. The maximum atomic E-state index is 8.74. The van der Waals surface area contributed by atoms with Crippen LogP contribution in [0.2, 0.25) is 5.02 Å². The molecular formula is C13H15ClN2. The van der Waals surface area contributed by atoms with E-state index in [2.05, 4.69) is 18.8 Å². The number of hydrogen-bond acceptors (Lipinski definition) is 2. The topological polar surface area (TPSA) is 35.8 Å². The van der Waals surface area contributed by atoms with Crippen molar-refractivity contribution in [2.75, 3.05) is 5.32 Å². The van der Waals surface area contributed by atoms with Gasteiger partial charge in [0.15, 0.2) is 0 Å². The maximum Gasteiger partial charge on any atom is 0.101 e. The number of benzene rings is 1. The molecule has 16 heavy (non-hydrogen) atoms. The summed E-state index contributed by atoms with van der Waals surface area (Å²) >= 11 is 5.94. The number of hydrogen-bond donors (Lipinski definition) is 1. The molecule has 0 saturated heterocycles. The second-order valence-corrected chi connectivity index (χ2v) is 4.13. The highest BCUT2D eigenvalue weighted by molar-refractivity contribution is 6.32. The Morgan fingerprint density at radius 2 is 2.38 bits per heavy atom. The molecule has 1 rings (SSSR count). The zero-order chi connectivity index (χ0) is 12.0. The number of halogens is 1. The summed E-state index contributed by atoms with van der Waals surface area (Å²) in [4.78, 5) is 0. The van der Waals surface area contributed by atoms with Crippen LogP contribution in [0.3, 0.4) is 0 Å². The molecule has 0 aliphatic heterocycles. The highest BCUT2D eigenvalue weighted by Crippen LogP contribution is 2.21. The van der Waals surface area contributed by atoms with Crippen LogP contribution >= 0.6 is 11.6 Å². The summed E-state index contributed by atoms with van der Waals surface area (Å²) in [7, 11) is 0. The van der Waals surface area contributed by atoms with Crippen LogP contribution in [0, 0.1) is 11.3 Å². The van der Waals surface area contributed by atoms with E-state index in [-0.39, 0.29) is 0 Å². The number of nitriles is 1. The fourth-order valence-corrected chi connectivity index (χ4v) is 1.64. The molecule has 1 atom stereocenters. The van der Waals surface area contributed by atoms with E-state index >= 15 is 0 Å². The van der Waals surface area contributed by atoms with E-state index in [0.29, 0.717) is 16.6 Å². The molecule has 1 aromatic rings. The number of anilines is 1. The van der Waals surface area contributed by atoms with Gasteiger partial charge in [0.05, 0.1) is 10.6 Å². The standard InChI is InChI=1S/C13H15ClN2/c1-3-4-5-10(2)16-12-7-6-11(9-15)13(14)8-12/h3,6-8,10,16H,1,4-5H2,2H3. The summed E-state index contributed by atoms with van der Waals surface area (Å²) in [6.45, 7) is 5.80. The van der Waals surface area contributed by atoms with Crippen molar-refractivity contribution in [3.63, 3.8) is 0 Å². The lowest BCUT2D eigenvalue weighted by Gasteiger charge is -2.14. The molecule has 1 aromatic carbocycles. The number of rotatable bonds is 5. The molecule has 0 aliphatic carbocycles. The van der Waals surface area contributed by atoms with Crippen molar-refractivity contribution in [3.05, 3.63) is 41.4 Å². The SMILES string of the molecule is C=CCCC(C)Nc1ccc(C#N)c(Cl)c1. The molecule has 0 fully saturated rings. The van der Waals surface area contributed by atoms with Crippen LogP contribution < -0.4 is 5.32 Å². The largest absolute Gasteiger partial charge is 0.383 e. The molecule has 1 unspecified atom stereocenters. The van der Waals surface area contributed by atoms with Gasteiger partial charge in [-0.2, -0.15) is 5.26 Å². The Morgan fingerprint density at radius 1 is 1.62 bits per heavy atom. The summed E-state index contributed by atoms with van der Waals surface area (Å²) in [5.41, 5.74) is 1.45. The van der Waals surface area contributed by atoms with Gasteiger partial charge in [-0.05, 0) is 38.0 Å². The van der Waals surface area contributed by atoms with Crippen LogP contribution in [0.5, 0.6) is 0 Å². The Hall–Kier alpha value is -1.46. The van der Waals surface area contributed by atoms with E-state index in [9.17, 15) is 0 Å². The molecule has 84 valence electrons. The first-order chi connectivity index (χ1) is 7.67. The molecular weight excluding hydrogens is 220 g/mol. The molecule has 0 radical (unpaired) electrons. The smallest absolute Gasteiger partial charge is 0.101 e. The monoisotopic (exact) mass is 234 g/mol. The van der Waals surface area contributed by atoms with E-state index in [1.54, 1.807) is 12.1 Å². The molecule has 0 aromatic heterocycles.